The molecule has 3 N–H and O–H groups in total. The number of H-pyrrole nitrogens is 1. The molecular formula is C27H28N9NaO6S. The minimum atomic E-state index is -4.28. The summed E-state index contributed by atoms with van der Waals surface area (Å²) in [5.74, 6) is 0.537. The molecule has 5 aromatic rings. The summed E-state index contributed by atoms with van der Waals surface area (Å²) in [6.45, 7) is 3.43. The van der Waals surface area contributed by atoms with Crippen molar-refractivity contribution in [2.24, 2.45) is 0 Å². The van der Waals surface area contributed by atoms with Crippen molar-refractivity contribution in [3.63, 3.8) is 0 Å². The van der Waals surface area contributed by atoms with Crippen LogP contribution in [-0.2, 0) is 10.0 Å². The van der Waals surface area contributed by atoms with E-state index in [0.717, 1.165) is 5.56 Å². The topological polar surface area (TPSA) is 200 Å². The van der Waals surface area contributed by atoms with Gasteiger partial charge in [-0.05, 0) is 52.2 Å². The monoisotopic (exact) mass is 629 g/mol. The fourth-order valence-electron chi connectivity index (χ4n) is 3.81. The van der Waals surface area contributed by atoms with E-state index in [4.69, 9.17) is 14.2 Å². The zero-order valence-electron chi connectivity index (χ0n) is 23.3. The predicted octanol–water partition coefficient (Wildman–Crippen LogP) is 2.56. The Labute approximate surface area is 274 Å². The third-order valence-corrected chi connectivity index (χ3v) is 7.24. The summed E-state index contributed by atoms with van der Waals surface area (Å²) < 4.78 is 46.8. The Morgan fingerprint density at radius 2 is 1.84 bits per heavy atom. The number of sulfonamides is 1. The second-order valence-electron chi connectivity index (χ2n) is 9.22. The molecule has 4 aromatic heterocycles. The molecule has 0 saturated carbocycles. The van der Waals surface area contributed by atoms with Gasteiger partial charge in [0.2, 0.25) is 5.75 Å². The standard InChI is InChI=1S/C27H27N9O6S.Na.H/c1-16(2)18-8-9-22(29-15-18)43(38,39)34-26-23(42-21-7-5-4-6-20(21)40-3)27(41-13-12-37)31-24(30-26)17-10-11-28-19(14-17)25-32-35-36-33-25;;/h4-11,14-16,37H,12-13H2,1-3H3,(H,30,31,34)(H,32,33,35,36);;. The van der Waals surface area contributed by atoms with Crippen LogP contribution in [0.4, 0.5) is 5.82 Å². The fourth-order valence-corrected chi connectivity index (χ4v) is 4.75. The van der Waals surface area contributed by atoms with E-state index in [1.165, 1.54) is 25.6 Å². The van der Waals surface area contributed by atoms with E-state index >= 15 is 0 Å². The molecule has 0 aliphatic heterocycles. The first-order valence-electron chi connectivity index (χ1n) is 12.9. The molecule has 44 heavy (non-hydrogen) atoms. The summed E-state index contributed by atoms with van der Waals surface area (Å²) >= 11 is 0. The molecule has 0 amide bonds. The van der Waals surface area contributed by atoms with E-state index in [0.29, 0.717) is 22.8 Å². The number of rotatable bonds is 12. The Morgan fingerprint density at radius 1 is 1.05 bits per heavy atom. The maximum atomic E-state index is 13.6. The number of nitrogens with one attached hydrogen (secondary N) is 2. The number of methoxy groups -OCH3 is 1. The number of aromatic nitrogens is 8. The molecule has 0 aliphatic carbocycles. The van der Waals surface area contributed by atoms with E-state index in [1.54, 1.807) is 42.5 Å². The van der Waals surface area contributed by atoms with Crippen LogP contribution in [0.1, 0.15) is 25.3 Å². The molecule has 17 heteroatoms. The molecule has 4 heterocycles. The van der Waals surface area contributed by atoms with Crippen molar-refractivity contribution in [1.29, 1.82) is 0 Å². The average molecular weight is 630 g/mol. The second-order valence-corrected chi connectivity index (χ2v) is 10.9. The quantitative estimate of drug-likeness (QED) is 0.170. The van der Waals surface area contributed by atoms with Gasteiger partial charge in [0.05, 0.1) is 13.7 Å². The number of para-hydroxylation sites is 2. The van der Waals surface area contributed by atoms with E-state index in [1.807, 2.05) is 13.8 Å². The maximum absolute atomic E-state index is 13.6. The number of nitrogens with zero attached hydrogens (tertiary/aromatic N) is 7. The summed E-state index contributed by atoms with van der Waals surface area (Å²) in [5.41, 5.74) is 1.69. The number of hydrogen-bond acceptors (Lipinski definition) is 13. The number of pyridine rings is 2. The number of anilines is 1. The summed E-state index contributed by atoms with van der Waals surface area (Å²) in [5, 5.41) is 22.9. The molecule has 15 nitrogen and oxygen atoms in total. The molecule has 0 unspecified atom stereocenters. The Hall–Kier alpha value is -4.22. The van der Waals surface area contributed by atoms with Gasteiger partial charge in [0.1, 0.15) is 12.3 Å². The first kappa shape index (κ1) is 32.7. The first-order valence-corrected chi connectivity index (χ1v) is 14.4. The number of aliphatic hydroxyl groups is 1. The van der Waals surface area contributed by atoms with Crippen LogP contribution in [0.15, 0.2) is 66.0 Å². The van der Waals surface area contributed by atoms with Gasteiger partial charge in [-0.15, -0.1) is 5.10 Å². The van der Waals surface area contributed by atoms with Crippen LogP contribution in [0.3, 0.4) is 0 Å². The third kappa shape index (κ3) is 7.46. The zero-order valence-corrected chi connectivity index (χ0v) is 24.1. The van der Waals surface area contributed by atoms with Gasteiger partial charge in [-0.2, -0.15) is 13.4 Å². The fraction of sp³-hybridized carbons (Fsp3) is 0.222. The number of benzene rings is 1. The molecule has 1 aromatic carbocycles. The van der Waals surface area contributed by atoms with Gasteiger partial charge in [0.25, 0.3) is 15.9 Å². The summed E-state index contributed by atoms with van der Waals surface area (Å²) in [4.78, 5) is 17.4. The number of aliphatic hydroxyl groups excluding tert-OH is 1. The third-order valence-electron chi connectivity index (χ3n) is 5.98. The van der Waals surface area contributed by atoms with Crippen molar-refractivity contribution in [2.45, 2.75) is 24.8 Å². The van der Waals surface area contributed by atoms with Crippen molar-refractivity contribution in [1.82, 2.24) is 40.6 Å². The summed E-state index contributed by atoms with van der Waals surface area (Å²) in [6.07, 6.45) is 3.00. The average Bonchev–Trinajstić information content (AvgIpc) is 3.57. The molecule has 224 valence electrons. The van der Waals surface area contributed by atoms with Crippen molar-refractivity contribution < 1.29 is 27.7 Å². The van der Waals surface area contributed by atoms with Crippen molar-refractivity contribution in [3.05, 3.63) is 66.5 Å². The number of ether oxygens (including phenoxy) is 3. The molecular weight excluding hydrogens is 601 g/mol. The van der Waals surface area contributed by atoms with Crippen LogP contribution in [0, 0.1) is 0 Å². The molecule has 0 bridgehead atoms. The van der Waals surface area contributed by atoms with Crippen LogP contribution in [0.2, 0.25) is 0 Å². The van der Waals surface area contributed by atoms with Crippen LogP contribution < -0.4 is 18.9 Å². The van der Waals surface area contributed by atoms with E-state index < -0.39 is 10.0 Å². The van der Waals surface area contributed by atoms with Gasteiger partial charge >= 0.3 is 29.6 Å². The van der Waals surface area contributed by atoms with E-state index in [-0.39, 0.29) is 82.7 Å². The SMILES string of the molecule is COc1ccccc1Oc1c(NS(=O)(=O)c2ccc(C(C)C)cn2)nc(-c2ccnc(-c3nnn[nH]3)c2)nc1OCCO.[NaH]. The summed E-state index contributed by atoms with van der Waals surface area (Å²) in [6, 6.07) is 13.1. The summed E-state index contributed by atoms with van der Waals surface area (Å²) in [7, 11) is -2.81. The normalized spacial score (nSPS) is 11.1. The molecule has 0 fully saturated rings. The Balaban J connectivity index is 0.00000442. The van der Waals surface area contributed by atoms with Gasteiger partial charge in [0.15, 0.2) is 34.0 Å². The van der Waals surface area contributed by atoms with Crippen LogP contribution in [-0.4, -0.2) is 104 Å². The Bertz CT molecular complexity index is 1810. The van der Waals surface area contributed by atoms with Crippen LogP contribution in [0.5, 0.6) is 23.1 Å². The zero-order chi connectivity index (χ0) is 30.4. The van der Waals surface area contributed by atoms with Gasteiger partial charge < -0.3 is 19.3 Å². The minimum absolute atomic E-state index is 0. The van der Waals surface area contributed by atoms with Crippen molar-refractivity contribution >= 4 is 45.4 Å². The van der Waals surface area contributed by atoms with Crippen molar-refractivity contribution in [2.75, 3.05) is 25.0 Å². The predicted molar refractivity (Wildman–Crippen MR) is 160 cm³/mol. The molecule has 0 radical (unpaired) electrons. The van der Waals surface area contributed by atoms with Crippen LogP contribution >= 0.6 is 0 Å². The number of hydrogen-bond donors (Lipinski definition) is 3. The van der Waals surface area contributed by atoms with Gasteiger partial charge in [0, 0.05) is 18.0 Å². The van der Waals surface area contributed by atoms with Gasteiger partial charge in [-0.3, -0.25) is 9.71 Å². The second kappa shape index (κ2) is 14.5. The van der Waals surface area contributed by atoms with Gasteiger partial charge in [-0.1, -0.05) is 32.0 Å². The van der Waals surface area contributed by atoms with E-state index in [2.05, 4.69) is 45.3 Å². The van der Waals surface area contributed by atoms with Gasteiger partial charge in [-0.25, -0.2) is 15.1 Å². The van der Waals surface area contributed by atoms with Crippen molar-refractivity contribution in [3.8, 4) is 46.0 Å². The molecule has 0 aliphatic rings. The number of tetrazole rings is 1. The molecule has 5 rings (SSSR count). The number of aromatic amines is 1. The molecule has 0 spiro atoms. The first-order chi connectivity index (χ1) is 20.8. The Morgan fingerprint density at radius 3 is 2.50 bits per heavy atom. The molecule has 0 saturated heterocycles. The Kier molecular flexibility index (Phi) is 10.8. The molecule has 0 atom stereocenters. The van der Waals surface area contributed by atoms with E-state index in [9.17, 15) is 13.5 Å². The van der Waals surface area contributed by atoms with Crippen LogP contribution in [0.25, 0.3) is 22.9 Å².